The monoisotopic (exact) mass is 328 g/mol. The highest BCUT2D eigenvalue weighted by atomic mass is 32.2. The van der Waals surface area contributed by atoms with Crippen LogP contribution in [0.4, 0.5) is 9.18 Å². The van der Waals surface area contributed by atoms with Crippen LogP contribution in [-0.2, 0) is 16.3 Å². The lowest BCUT2D eigenvalue weighted by molar-refractivity contribution is 0.195. The Hall–Kier alpha value is -1.63. The number of amides is 2. The fourth-order valence-corrected chi connectivity index (χ4v) is 4.39. The smallest absolute Gasteiger partial charge is 0.317 e. The number of hydrogen-bond acceptors (Lipinski definition) is 3. The van der Waals surface area contributed by atoms with Crippen molar-refractivity contribution in [1.29, 1.82) is 0 Å². The van der Waals surface area contributed by atoms with Gasteiger partial charge in [-0.15, -0.1) is 0 Å². The quantitative estimate of drug-likeness (QED) is 0.911. The lowest BCUT2D eigenvalue weighted by Gasteiger charge is -2.23. The molecule has 1 unspecified atom stereocenters. The Morgan fingerprint density at radius 1 is 1.45 bits per heavy atom. The number of carbonyl (C=O) groups excluding carboxylic acids is 1. The van der Waals surface area contributed by atoms with Crippen LogP contribution in [0.5, 0.6) is 0 Å². The minimum absolute atomic E-state index is 0.0357. The summed E-state index contributed by atoms with van der Waals surface area (Å²) in [5.41, 5.74) is 1.83. The molecule has 0 aliphatic carbocycles. The maximum Gasteiger partial charge on any atom is 0.317 e. The molecule has 0 spiro atoms. The fourth-order valence-electron chi connectivity index (χ4n) is 2.62. The molecule has 7 heteroatoms. The van der Waals surface area contributed by atoms with Crippen molar-refractivity contribution in [1.82, 2.24) is 10.2 Å². The summed E-state index contributed by atoms with van der Waals surface area (Å²) < 4.78 is 35.9. The molecule has 0 saturated carbocycles. The normalized spacial score (nSPS) is 19.9. The number of aryl methyl sites for hydroxylation is 1. The molecule has 1 aliphatic rings. The van der Waals surface area contributed by atoms with Crippen LogP contribution >= 0.6 is 0 Å². The lowest BCUT2D eigenvalue weighted by Crippen LogP contribution is -2.44. The third-order valence-corrected chi connectivity index (χ3v) is 5.80. The van der Waals surface area contributed by atoms with E-state index in [4.69, 9.17) is 0 Å². The van der Waals surface area contributed by atoms with E-state index >= 15 is 0 Å². The van der Waals surface area contributed by atoms with Gasteiger partial charge in [0, 0.05) is 19.6 Å². The van der Waals surface area contributed by atoms with Crippen molar-refractivity contribution in [2.75, 3.05) is 25.1 Å². The molecule has 1 saturated heterocycles. The summed E-state index contributed by atoms with van der Waals surface area (Å²) in [5, 5.41) is 2.78. The van der Waals surface area contributed by atoms with Crippen molar-refractivity contribution in [3.05, 3.63) is 35.1 Å². The zero-order chi connectivity index (χ0) is 16.3. The van der Waals surface area contributed by atoms with Gasteiger partial charge in [0.05, 0.1) is 11.5 Å². The van der Waals surface area contributed by atoms with Crippen LogP contribution in [0.15, 0.2) is 18.2 Å². The molecule has 2 rings (SSSR count). The Morgan fingerprint density at radius 3 is 2.77 bits per heavy atom. The van der Waals surface area contributed by atoms with E-state index in [1.165, 1.54) is 17.0 Å². The van der Waals surface area contributed by atoms with E-state index in [2.05, 4.69) is 5.32 Å². The van der Waals surface area contributed by atoms with Crippen molar-refractivity contribution < 1.29 is 17.6 Å². The van der Waals surface area contributed by atoms with Gasteiger partial charge in [0.15, 0.2) is 9.84 Å². The predicted molar refractivity (Wildman–Crippen MR) is 83.1 cm³/mol. The molecule has 1 fully saturated rings. The summed E-state index contributed by atoms with van der Waals surface area (Å²) in [5.74, 6) is -0.0922. The van der Waals surface area contributed by atoms with E-state index in [0.29, 0.717) is 19.4 Å². The summed E-state index contributed by atoms with van der Waals surface area (Å²) in [6.07, 6.45) is 1.10. The second-order valence-corrected chi connectivity index (χ2v) is 7.95. The van der Waals surface area contributed by atoms with Crippen LogP contribution in [0.1, 0.15) is 17.5 Å². The van der Waals surface area contributed by atoms with Gasteiger partial charge in [-0.3, -0.25) is 0 Å². The van der Waals surface area contributed by atoms with E-state index < -0.39 is 9.84 Å². The standard InChI is InChI=1S/C15H21FN2O3S/c1-11-9-13(16)4-3-12(11)5-7-17-15(19)18(2)14-6-8-22(20,21)10-14/h3-4,9,14H,5-8,10H2,1-2H3,(H,17,19). The summed E-state index contributed by atoms with van der Waals surface area (Å²) >= 11 is 0. The number of nitrogens with one attached hydrogen (secondary N) is 1. The van der Waals surface area contributed by atoms with Crippen LogP contribution in [0.2, 0.25) is 0 Å². The van der Waals surface area contributed by atoms with Gasteiger partial charge in [-0.25, -0.2) is 17.6 Å². The molecule has 22 heavy (non-hydrogen) atoms. The SMILES string of the molecule is Cc1cc(F)ccc1CCNC(=O)N(C)C1CCS(=O)(=O)C1. The molecule has 1 aromatic carbocycles. The van der Waals surface area contributed by atoms with Gasteiger partial charge in [0.1, 0.15) is 5.82 Å². The third kappa shape index (κ3) is 4.19. The number of halogens is 1. The van der Waals surface area contributed by atoms with Crippen LogP contribution in [0, 0.1) is 12.7 Å². The van der Waals surface area contributed by atoms with E-state index in [-0.39, 0.29) is 29.4 Å². The van der Waals surface area contributed by atoms with Crippen LogP contribution < -0.4 is 5.32 Å². The highest BCUT2D eigenvalue weighted by Gasteiger charge is 2.32. The summed E-state index contributed by atoms with van der Waals surface area (Å²) in [7, 11) is -1.39. The predicted octanol–water partition coefficient (Wildman–Crippen LogP) is 1.51. The van der Waals surface area contributed by atoms with E-state index in [1.54, 1.807) is 13.1 Å². The fraction of sp³-hybridized carbons (Fsp3) is 0.533. The van der Waals surface area contributed by atoms with E-state index in [0.717, 1.165) is 11.1 Å². The topological polar surface area (TPSA) is 66.5 Å². The molecule has 122 valence electrons. The Bertz CT molecular complexity index is 661. The largest absolute Gasteiger partial charge is 0.338 e. The van der Waals surface area contributed by atoms with Gasteiger partial charge in [-0.05, 0) is 43.0 Å². The highest BCUT2D eigenvalue weighted by molar-refractivity contribution is 7.91. The number of nitrogens with zero attached hydrogens (tertiary/aromatic N) is 1. The zero-order valence-corrected chi connectivity index (χ0v) is 13.6. The summed E-state index contributed by atoms with van der Waals surface area (Å²) in [6, 6.07) is 4.05. The van der Waals surface area contributed by atoms with E-state index in [1.807, 2.05) is 6.92 Å². The average molecular weight is 328 g/mol. The Balaban J connectivity index is 1.82. The minimum Gasteiger partial charge on any atom is -0.338 e. The molecular formula is C15H21FN2O3S. The molecule has 0 radical (unpaired) electrons. The second-order valence-electron chi connectivity index (χ2n) is 5.72. The number of rotatable bonds is 4. The van der Waals surface area contributed by atoms with Crippen molar-refractivity contribution in [3.8, 4) is 0 Å². The van der Waals surface area contributed by atoms with Crippen LogP contribution in [0.3, 0.4) is 0 Å². The van der Waals surface area contributed by atoms with Gasteiger partial charge in [0.25, 0.3) is 0 Å². The minimum atomic E-state index is -3.00. The second kappa shape index (κ2) is 6.64. The van der Waals surface area contributed by atoms with Crippen molar-refractivity contribution in [2.24, 2.45) is 0 Å². The molecule has 1 atom stereocenters. The van der Waals surface area contributed by atoms with Gasteiger partial charge < -0.3 is 10.2 Å². The Morgan fingerprint density at radius 2 is 2.18 bits per heavy atom. The molecule has 1 aliphatic heterocycles. The van der Waals surface area contributed by atoms with Crippen molar-refractivity contribution in [3.63, 3.8) is 0 Å². The average Bonchev–Trinajstić information content (AvgIpc) is 2.80. The van der Waals surface area contributed by atoms with Gasteiger partial charge >= 0.3 is 6.03 Å². The Labute approximate surface area is 130 Å². The lowest BCUT2D eigenvalue weighted by atomic mass is 10.1. The molecule has 0 bridgehead atoms. The molecule has 2 amide bonds. The van der Waals surface area contributed by atoms with E-state index in [9.17, 15) is 17.6 Å². The summed E-state index contributed by atoms with van der Waals surface area (Å²) in [4.78, 5) is 13.5. The van der Waals surface area contributed by atoms with Gasteiger partial charge in [0.2, 0.25) is 0 Å². The number of carbonyl (C=O) groups is 1. The first-order chi connectivity index (χ1) is 10.3. The first-order valence-electron chi connectivity index (χ1n) is 7.24. The van der Waals surface area contributed by atoms with Crippen LogP contribution in [0.25, 0.3) is 0 Å². The first kappa shape index (κ1) is 16.7. The number of sulfone groups is 1. The molecule has 1 N–H and O–H groups in total. The number of hydrogen-bond donors (Lipinski definition) is 1. The number of benzene rings is 1. The molecule has 1 aromatic rings. The molecule has 0 aromatic heterocycles. The molecular weight excluding hydrogens is 307 g/mol. The summed E-state index contributed by atoms with van der Waals surface area (Å²) in [6.45, 7) is 2.25. The maximum absolute atomic E-state index is 13.0. The van der Waals surface area contributed by atoms with Gasteiger partial charge in [-0.1, -0.05) is 6.07 Å². The molecule has 5 nitrogen and oxygen atoms in total. The molecule has 1 heterocycles. The van der Waals surface area contributed by atoms with Gasteiger partial charge in [-0.2, -0.15) is 0 Å². The third-order valence-electron chi connectivity index (χ3n) is 4.05. The highest BCUT2D eigenvalue weighted by Crippen LogP contribution is 2.16. The maximum atomic E-state index is 13.0. The Kier molecular flexibility index (Phi) is 5.05. The van der Waals surface area contributed by atoms with Crippen molar-refractivity contribution in [2.45, 2.75) is 25.8 Å². The zero-order valence-electron chi connectivity index (χ0n) is 12.8. The van der Waals surface area contributed by atoms with Crippen LogP contribution in [-0.4, -0.2) is 50.5 Å². The first-order valence-corrected chi connectivity index (χ1v) is 9.07. The van der Waals surface area contributed by atoms with Crippen molar-refractivity contribution >= 4 is 15.9 Å². The number of urea groups is 1.